The number of hydrogen-bond acceptors (Lipinski definition) is 7. The van der Waals surface area contributed by atoms with Crippen molar-refractivity contribution in [2.24, 2.45) is 5.92 Å². The van der Waals surface area contributed by atoms with Gasteiger partial charge in [-0.3, -0.25) is 29.8 Å². The maximum atomic E-state index is 14.9. The van der Waals surface area contributed by atoms with Gasteiger partial charge in [-0.05, 0) is 24.3 Å². The second-order valence-corrected chi connectivity index (χ2v) is 11.8. The molecule has 3 atom stereocenters. The molecule has 5 amide bonds. The van der Waals surface area contributed by atoms with E-state index in [2.05, 4.69) is 16.0 Å². The van der Waals surface area contributed by atoms with Crippen LogP contribution in [0.15, 0.2) is 30.3 Å². The number of carbonyl (C=O) groups excluding carboxylic acids is 5. The fraction of sp³-hybridized carbons (Fsp3) is 0.656. The average Bonchev–Trinajstić information content (AvgIpc) is 3.06. The molecule has 1 saturated heterocycles. The molecule has 0 spiro atoms. The van der Waals surface area contributed by atoms with Gasteiger partial charge in [-0.1, -0.05) is 82.2 Å². The van der Waals surface area contributed by atoms with Crippen LogP contribution in [0.25, 0.3) is 0 Å². The molecule has 45 heavy (non-hydrogen) atoms. The summed E-state index contributed by atoms with van der Waals surface area (Å²) in [4.78, 5) is 66.7. The second-order valence-electron chi connectivity index (χ2n) is 11.8. The van der Waals surface area contributed by atoms with E-state index in [0.717, 1.165) is 44.7 Å². The molecule has 0 unspecified atom stereocenters. The first-order valence-corrected chi connectivity index (χ1v) is 16.0. The molecule has 1 aliphatic carbocycles. The Hall–Kier alpha value is -3.45. The molecule has 250 valence electrons. The van der Waals surface area contributed by atoms with Crippen molar-refractivity contribution in [3.05, 3.63) is 35.9 Å². The lowest BCUT2D eigenvalue weighted by molar-refractivity contribution is -0.159. The van der Waals surface area contributed by atoms with Crippen LogP contribution in [0.2, 0.25) is 0 Å². The van der Waals surface area contributed by atoms with E-state index >= 15 is 0 Å². The van der Waals surface area contributed by atoms with E-state index in [9.17, 15) is 32.8 Å². The molecule has 13 heteroatoms. The molecule has 0 bridgehead atoms. The molecule has 0 radical (unpaired) electrons. The number of nitrogens with one attached hydrogen (secondary N) is 4. The summed E-state index contributed by atoms with van der Waals surface area (Å²) in [6.07, 6.45) is 5.83. The van der Waals surface area contributed by atoms with Crippen molar-refractivity contribution in [3.63, 3.8) is 0 Å². The third-order valence-corrected chi connectivity index (χ3v) is 8.44. The number of alkyl halides is 2. The number of rotatable bonds is 15. The highest BCUT2D eigenvalue weighted by atomic mass is 19.3. The fourth-order valence-corrected chi connectivity index (χ4v) is 5.80. The van der Waals surface area contributed by atoms with Gasteiger partial charge in [0.25, 0.3) is 5.91 Å². The normalized spacial score (nSPS) is 17.9. The average molecular weight is 636 g/mol. The Labute approximate surface area is 263 Å². The minimum absolute atomic E-state index is 0.0251. The summed E-state index contributed by atoms with van der Waals surface area (Å²) in [5.74, 6) is -9.20. The molecule has 1 saturated carbocycles. The smallest absolute Gasteiger partial charge is 0.378 e. The van der Waals surface area contributed by atoms with E-state index in [1.54, 1.807) is 24.3 Å². The lowest BCUT2D eigenvalue weighted by atomic mass is 9.83. The minimum Gasteiger partial charge on any atom is -0.378 e. The van der Waals surface area contributed by atoms with Crippen LogP contribution in [0.1, 0.15) is 70.3 Å². The van der Waals surface area contributed by atoms with Crippen molar-refractivity contribution in [3.8, 4) is 0 Å². The first-order chi connectivity index (χ1) is 21.6. The van der Waals surface area contributed by atoms with Gasteiger partial charge in [0.1, 0.15) is 6.04 Å². The Morgan fingerprint density at radius 2 is 1.60 bits per heavy atom. The zero-order valence-electron chi connectivity index (χ0n) is 26.2. The molecule has 1 aliphatic heterocycles. The maximum Gasteiger partial charge on any atom is 0.383 e. The number of morpholine rings is 1. The van der Waals surface area contributed by atoms with E-state index in [0.29, 0.717) is 39.1 Å². The Kier molecular flexibility index (Phi) is 14.3. The standard InChI is InChI=1S/C32H47F2N5O6/c1-3-4-15-24(36-25(20-22-11-7-5-8-12-22)27(40)32(33,34)30(43)35-2)28(41)38-29(42)26(21-23-13-9-6-10-14-23)37-31(44)39-16-18-45-19-17-39/h6,9-10,13-14,22,24-26,36H,3-5,7-8,11-12,15-21H2,1-2H3,(H,35,43)(H,37,44)(H,38,41,42)/t24-,25-,26-/m0/s1. The van der Waals surface area contributed by atoms with Crippen molar-refractivity contribution in [2.75, 3.05) is 33.4 Å². The summed E-state index contributed by atoms with van der Waals surface area (Å²) >= 11 is 0. The lowest BCUT2D eigenvalue weighted by Gasteiger charge is -2.31. The number of ketones is 1. The Bertz CT molecular complexity index is 1140. The number of amides is 5. The molecule has 3 rings (SSSR count). The fourth-order valence-electron chi connectivity index (χ4n) is 5.80. The molecule has 11 nitrogen and oxygen atoms in total. The van der Waals surface area contributed by atoms with Crippen molar-refractivity contribution in [1.29, 1.82) is 0 Å². The number of halogens is 2. The van der Waals surface area contributed by atoms with E-state index in [1.807, 2.05) is 18.3 Å². The van der Waals surface area contributed by atoms with E-state index < -0.39 is 53.6 Å². The molecule has 1 heterocycles. The lowest BCUT2D eigenvalue weighted by Crippen LogP contribution is -2.60. The summed E-state index contributed by atoms with van der Waals surface area (Å²) in [6.45, 7) is 3.33. The first kappa shape index (κ1) is 36.0. The van der Waals surface area contributed by atoms with Crippen LogP contribution in [-0.2, 0) is 30.3 Å². The zero-order valence-corrected chi connectivity index (χ0v) is 26.2. The minimum atomic E-state index is -4.30. The quantitative estimate of drug-likeness (QED) is 0.217. The molecule has 1 aromatic carbocycles. The molecule has 4 N–H and O–H groups in total. The number of urea groups is 1. The van der Waals surface area contributed by atoms with Gasteiger partial charge >= 0.3 is 12.0 Å². The Morgan fingerprint density at radius 3 is 2.22 bits per heavy atom. The predicted octanol–water partition coefficient (Wildman–Crippen LogP) is 2.72. The zero-order chi connectivity index (χ0) is 32.8. The topological polar surface area (TPSA) is 146 Å². The van der Waals surface area contributed by atoms with E-state index in [1.165, 1.54) is 4.90 Å². The second kappa shape index (κ2) is 17.9. The van der Waals surface area contributed by atoms with E-state index in [-0.39, 0.29) is 25.2 Å². The highest BCUT2D eigenvalue weighted by Gasteiger charge is 2.50. The van der Waals surface area contributed by atoms with Crippen molar-refractivity contribution in [2.45, 2.75) is 95.2 Å². The number of Topliss-reactive ketones (excluding diaryl/α,β-unsaturated/α-hetero) is 1. The molecule has 2 fully saturated rings. The van der Waals surface area contributed by atoms with Gasteiger partial charge < -0.3 is 20.3 Å². The molecule has 1 aromatic rings. The Morgan fingerprint density at radius 1 is 0.956 bits per heavy atom. The maximum absolute atomic E-state index is 14.9. The van der Waals surface area contributed by atoms with Crippen LogP contribution in [0.3, 0.4) is 0 Å². The summed E-state index contributed by atoms with van der Waals surface area (Å²) < 4.78 is 35.1. The molecular weight excluding hydrogens is 588 g/mol. The van der Waals surface area contributed by atoms with Crippen molar-refractivity contribution in [1.82, 2.24) is 26.2 Å². The summed E-state index contributed by atoms with van der Waals surface area (Å²) in [5, 5.41) is 9.76. The van der Waals surface area contributed by atoms with Crippen LogP contribution < -0.4 is 21.3 Å². The molecular formula is C32H47F2N5O6. The van der Waals surface area contributed by atoms with Gasteiger partial charge in [0, 0.05) is 26.6 Å². The van der Waals surface area contributed by atoms with Crippen LogP contribution >= 0.6 is 0 Å². The third kappa shape index (κ3) is 10.8. The van der Waals surface area contributed by atoms with Gasteiger partial charge in [-0.25, -0.2) is 4.79 Å². The number of hydrogen-bond donors (Lipinski definition) is 4. The summed E-state index contributed by atoms with van der Waals surface area (Å²) in [5.41, 5.74) is 0.752. The van der Waals surface area contributed by atoms with Gasteiger partial charge in [-0.2, -0.15) is 8.78 Å². The number of imide groups is 1. The highest BCUT2D eigenvalue weighted by molar-refractivity contribution is 6.10. The molecule has 0 aromatic heterocycles. The van der Waals surface area contributed by atoms with Crippen molar-refractivity contribution >= 4 is 29.5 Å². The van der Waals surface area contributed by atoms with Gasteiger partial charge in [0.15, 0.2) is 0 Å². The first-order valence-electron chi connectivity index (χ1n) is 16.0. The SMILES string of the molecule is CCCC[C@H](N[C@@H](CC1CCCCC1)C(=O)C(F)(F)C(=O)NC)C(=O)NC(=O)[C@H](Cc1ccccc1)NC(=O)N1CCOCC1. The number of carbonyl (C=O) groups is 5. The Balaban J connectivity index is 1.80. The van der Waals surface area contributed by atoms with Crippen LogP contribution in [0, 0.1) is 5.92 Å². The number of unbranched alkanes of at least 4 members (excludes halogenated alkanes) is 1. The van der Waals surface area contributed by atoms with Gasteiger partial charge in [0.05, 0.1) is 25.3 Å². The molecule has 2 aliphatic rings. The van der Waals surface area contributed by atoms with Gasteiger partial charge in [-0.15, -0.1) is 0 Å². The summed E-state index contributed by atoms with van der Waals surface area (Å²) in [7, 11) is 1.03. The number of ether oxygens (including phenoxy) is 1. The van der Waals surface area contributed by atoms with Crippen LogP contribution in [0.4, 0.5) is 13.6 Å². The third-order valence-electron chi connectivity index (χ3n) is 8.44. The monoisotopic (exact) mass is 635 g/mol. The van der Waals surface area contributed by atoms with Crippen LogP contribution in [0.5, 0.6) is 0 Å². The largest absolute Gasteiger partial charge is 0.383 e. The van der Waals surface area contributed by atoms with Crippen LogP contribution in [-0.4, -0.2) is 91.8 Å². The highest BCUT2D eigenvalue weighted by Crippen LogP contribution is 2.30. The van der Waals surface area contributed by atoms with Crippen molar-refractivity contribution < 1.29 is 37.5 Å². The number of nitrogens with zero attached hydrogens (tertiary/aromatic N) is 1. The number of benzene rings is 1. The summed E-state index contributed by atoms with van der Waals surface area (Å²) in [6, 6.07) is 4.75. The predicted molar refractivity (Wildman–Crippen MR) is 163 cm³/mol. The van der Waals surface area contributed by atoms with E-state index in [4.69, 9.17) is 4.74 Å². The van der Waals surface area contributed by atoms with Gasteiger partial charge in [0.2, 0.25) is 17.6 Å².